The van der Waals surface area contributed by atoms with Gasteiger partial charge in [-0.1, -0.05) is 0 Å². The monoisotopic (exact) mass is 392 g/mol. The van der Waals surface area contributed by atoms with Gasteiger partial charge in [-0.2, -0.15) is 0 Å². The summed E-state index contributed by atoms with van der Waals surface area (Å²) in [6.07, 6.45) is -11.5. The molecule has 4 bridgehead atoms. The van der Waals surface area contributed by atoms with Gasteiger partial charge in [0.25, 0.3) is 0 Å². The van der Waals surface area contributed by atoms with Crippen molar-refractivity contribution in [2.75, 3.05) is 0 Å². The number of hydrogen-bond acceptors (Lipinski definition) is 13. The maximum atomic E-state index is 11.2. The molecule has 1 aliphatic carbocycles. The van der Waals surface area contributed by atoms with Gasteiger partial charge in [-0.05, 0) is 0 Å². The highest BCUT2D eigenvalue weighted by atomic mass is 16.9. The summed E-state index contributed by atoms with van der Waals surface area (Å²) in [4.78, 5) is 14.8. The van der Waals surface area contributed by atoms with Crippen LogP contribution in [-0.4, -0.2) is 108 Å². The van der Waals surface area contributed by atoms with Gasteiger partial charge in [0.1, 0.15) is 41.6 Å². The van der Waals surface area contributed by atoms with E-state index in [1.54, 1.807) is 0 Å². The molecule has 0 aromatic carbocycles. The summed E-state index contributed by atoms with van der Waals surface area (Å²) in [6.45, 7) is 0. The van der Waals surface area contributed by atoms with Crippen molar-refractivity contribution < 1.29 is 50.0 Å². The van der Waals surface area contributed by atoms with Gasteiger partial charge in [-0.3, -0.25) is 4.79 Å². The molecular formula is C13H20N4O10. The fourth-order valence-electron chi connectivity index (χ4n) is 4.76. The number of rotatable bonds is 3. The van der Waals surface area contributed by atoms with Gasteiger partial charge < -0.3 is 62.0 Å². The van der Waals surface area contributed by atoms with Crippen LogP contribution in [-0.2, 0) is 14.3 Å². The topological polar surface area (TPSA) is 254 Å². The molecule has 0 aromatic rings. The Bertz CT molecular complexity index is 723. The number of nitrogens with zero attached hydrogens (tertiary/aromatic N) is 1. The third-order valence-electron chi connectivity index (χ3n) is 5.99. The molecule has 1 saturated carbocycles. The minimum atomic E-state index is -2.74. The van der Waals surface area contributed by atoms with E-state index >= 15 is 0 Å². The molecule has 5 rings (SSSR count). The predicted molar refractivity (Wildman–Crippen MR) is 80.3 cm³/mol. The van der Waals surface area contributed by atoms with E-state index in [2.05, 4.69) is 10.3 Å². The van der Waals surface area contributed by atoms with Crippen LogP contribution in [0.1, 0.15) is 0 Å². The minimum Gasteiger partial charge on any atom is -0.480 e. The van der Waals surface area contributed by atoms with Crippen molar-refractivity contribution in [2.24, 2.45) is 22.4 Å². The lowest BCUT2D eigenvalue weighted by Crippen LogP contribution is -2.96. The Morgan fingerprint density at radius 2 is 1.81 bits per heavy atom. The molecule has 0 unspecified atom stereocenters. The SMILES string of the molecule is NC1=N[C@@H](O)[C@@H]2[C@H]3O[C@]4(O)O[C@@H]([C@H](O)[C@@]2(N1)[C@H]4O)[C@]3(O)[C@@H](O)[C@H](N)C(=O)O. The van der Waals surface area contributed by atoms with Crippen molar-refractivity contribution in [3.8, 4) is 0 Å². The van der Waals surface area contributed by atoms with Crippen molar-refractivity contribution in [3.63, 3.8) is 0 Å². The van der Waals surface area contributed by atoms with E-state index in [9.17, 15) is 35.4 Å². The van der Waals surface area contributed by atoms with Gasteiger partial charge >= 0.3 is 11.9 Å². The molecule has 5 aliphatic rings. The van der Waals surface area contributed by atoms with Crippen LogP contribution in [0.25, 0.3) is 0 Å². The zero-order chi connectivity index (χ0) is 20.1. The molecule has 27 heavy (non-hydrogen) atoms. The van der Waals surface area contributed by atoms with E-state index in [1.165, 1.54) is 0 Å². The zero-order valence-corrected chi connectivity index (χ0v) is 13.6. The first-order valence-corrected chi connectivity index (χ1v) is 8.03. The van der Waals surface area contributed by atoms with E-state index in [-0.39, 0.29) is 5.96 Å². The lowest BCUT2D eigenvalue weighted by atomic mass is 9.53. The average molecular weight is 392 g/mol. The van der Waals surface area contributed by atoms with E-state index < -0.39 is 71.8 Å². The lowest BCUT2D eigenvalue weighted by molar-refractivity contribution is -0.552. The number of aliphatic hydroxyl groups is 6. The Labute approximate surface area is 150 Å². The number of carbonyl (C=O) groups is 1. The first-order chi connectivity index (χ1) is 12.4. The predicted octanol–water partition coefficient (Wildman–Crippen LogP) is -6.74. The number of carboxylic acid groups (broad SMARTS) is 1. The number of guanidine groups is 1. The summed E-state index contributed by atoms with van der Waals surface area (Å²) in [5.74, 6) is -6.24. The fraction of sp³-hybridized carbons (Fsp3) is 0.846. The van der Waals surface area contributed by atoms with Crippen LogP contribution in [0, 0.1) is 5.92 Å². The molecular weight excluding hydrogens is 372 g/mol. The van der Waals surface area contributed by atoms with E-state index in [1.807, 2.05) is 0 Å². The molecule has 0 amide bonds. The largest absolute Gasteiger partial charge is 0.480 e. The van der Waals surface area contributed by atoms with Crippen LogP contribution in [0.3, 0.4) is 0 Å². The van der Waals surface area contributed by atoms with Gasteiger partial charge in [0.2, 0.25) is 0 Å². The molecule has 152 valence electrons. The maximum absolute atomic E-state index is 11.2. The summed E-state index contributed by atoms with van der Waals surface area (Å²) in [7, 11) is 0. The van der Waals surface area contributed by atoms with Gasteiger partial charge in [0, 0.05) is 0 Å². The second-order valence-electron chi connectivity index (χ2n) is 7.26. The van der Waals surface area contributed by atoms with Crippen LogP contribution >= 0.6 is 0 Å². The van der Waals surface area contributed by atoms with Crippen molar-refractivity contribution in [3.05, 3.63) is 0 Å². The van der Waals surface area contributed by atoms with Crippen molar-refractivity contribution in [1.29, 1.82) is 0 Å². The summed E-state index contributed by atoms with van der Waals surface area (Å²) in [6, 6.07) is -2.02. The Hall–Kier alpha value is -1.62. The van der Waals surface area contributed by atoms with Crippen LogP contribution in [0.2, 0.25) is 0 Å². The van der Waals surface area contributed by atoms with Gasteiger partial charge in [0.05, 0.1) is 5.92 Å². The normalized spacial score (nSPS) is 55.3. The summed E-state index contributed by atoms with van der Waals surface area (Å²) < 4.78 is 10.3. The van der Waals surface area contributed by atoms with Crippen LogP contribution in [0.15, 0.2) is 4.99 Å². The molecule has 11 atom stereocenters. The van der Waals surface area contributed by atoms with E-state index in [0.717, 1.165) is 0 Å². The fourth-order valence-corrected chi connectivity index (χ4v) is 4.76. The highest BCUT2D eigenvalue weighted by Crippen LogP contribution is 2.59. The molecule has 4 aliphatic heterocycles. The Morgan fingerprint density at radius 1 is 1.22 bits per heavy atom. The molecule has 1 spiro atoms. The van der Waals surface area contributed by atoms with Crippen molar-refractivity contribution in [1.82, 2.24) is 5.32 Å². The van der Waals surface area contributed by atoms with Crippen molar-refractivity contribution >= 4 is 11.9 Å². The number of nitrogens with one attached hydrogen (secondary N) is 1. The van der Waals surface area contributed by atoms with Crippen molar-refractivity contribution in [2.45, 2.75) is 59.9 Å². The van der Waals surface area contributed by atoms with E-state index in [4.69, 9.17) is 26.0 Å². The van der Waals surface area contributed by atoms with Gasteiger partial charge in [-0.15, -0.1) is 0 Å². The Balaban J connectivity index is 1.89. The quantitative estimate of drug-likeness (QED) is 0.214. The molecule has 3 saturated heterocycles. The first-order valence-electron chi connectivity index (χ1n) is 8.03. The third-order valence-corrected chi connectivity index (χ3v) is 5.99. The smallest absolute Gasteiger partial charge is 0.323 e. The number of aliphatic carboxylic acids is 1. The second-order valence-corrected chi connectivity index (χ2v) is 7.26. The molecule has 14 nitrogen and oxygen atoms in total. The van der Waals surface area contributed by atoms with E-state index in [0.29, 0.717) is 0 Å². The summed E-state index contributed by atoms with van der Waals surface area (Å²) in [5.41, 5.74) is 6.36. The van der Waals surface area contributed by atoms with Crippen LogP contribution in [0.5, 0.6) is 0 Å². The lowest BCUT2D eigenvalue weighted by Gasteiger charge is -2.72. The van der Waals surface area contributed by atoms with Gasteiger partial charge in [0.15, 0.2) is 18.3 Å². The van der Waals surface area contributed by atoms with Crippen LogP contribution < -0.4 is 16.8 Å². The third kappa shape index (κ3) is 1.94. The standard InChI is InChI=1S/C13H20N4O10/c14-2(8(21)22)3(18)12(24)5-1-7(20)16-10(15)17-11(1)4(19)6(12)27-13(25,26-5)9(11)23/h1-7,9,18-20,23-25H,14H2,(H,21,22)(H3,15,16,17)/t1-,2-,3-,4-,5+,6-,7-,9+,11+,12-,13-/m0/s1. The first kappa shape index (κ1) is 18.7. The number of ether oxygens (including phenoxy) is 2. The molecule has 4 fully saturated rings. The molecule has 12 N–H and O–H groups in total. The summed E-state index contributed by atoms with van der Waals surface area (Å²) in [5, 5.41) is 75.5. The number of aliphatic hydroxyl groups excluding tert-OH is 4. The zero-order valence-electron chi connectivity index (χ0n) is 13.6. The minimum absolute atomic E-state index is 0.367. The molecule has 0 aromatic heterocycles. The number of aliphatic imine (C=N–C) groups is 1. The maximum Gasteiger partial charge on any atom is 0.323 e. The number of carboxylic acids is 1. The Morgan fingerprint density at radius 3 is 2.41 bits per heavy atom. The molecule has 4 heterocycles. The van der Waals surface area contributed by atoms with Crippen LogP contribution in [0.4, 0.5) is 0 Å². The highest BCUT2D eigenvalue weighted by molar-refractivity contribution is 5.80. The number of nitrogens with two attached hydrogens (primary N) is 2. The highest BCUT2D eigenvalue weighted by Gasteiger charge is 2.84. The second kappa shape index (κ2) is 5.25. The van der Waals surface area contributed by atoms with Gasteiger partial charge in [-0.25, -0.2) is 4.99 Å². The summed E-state index contributed by atoms with van der Waals surface area (Å²) >= 11 is 0. The molecule has 0 radical (unpaired) electrons. The molecule has 14 heteroatoms. The average Bonchev–Trinajstić information content (AvgIpc) is 2.58. The number of hydrogen-bond donors (Lipinski definition) is 10. The Kier molecular flexibility index (Phi) is 3.64.